The van der Waals surface area contributed by atoms with Crippen molar-refractivity contribution in [1.29, 1.82) is 0 Å². The van der Waals surface area contributed by atoms with Crippen LogP contribution < -0.4 is 19.5 Å². The van der Waals surface area contributed by atoms with Crippen molar-refractivity contribution in [2.24, 2.45) is 0 Å². The highest BCUT2D eigenvalue weighted by Crippen LogP contribution is 2.34. The van der Waals surface area contributed by atoms with Crippen molar-refractivity contribution >= 4 is 16.1 Å². The van der Waals surface area contributed by atoms with E-state index in [2.05, 4.69) is 10.0 Å². The summed E-state index contributed by atoms with van der Waals surface area (Å²) < 4.78 is 44.2. The van der Waals surface area contributed by atoms with Gasteiger partial charge in [-0.15, -0.1) is 0 Å². The number of carbonyl (C=O) groups excluding carboxylic acids is 1. The molecule has 9 nitrogen and oxygen atoms in total. The van der Waals surface area contributed by atoms with Gasteiger partial charge in [0, 0.05) is 20.2 Å². The zero-order valence-corrected chi connectivity index (χ0v) is 17.0. The molecule has 1 aromatic carbocycles. The highest BCUT2D eigenvalue weighted by atomic mass is 32.2. The molecule has 2 N–H and O–H groups in total. The van der Waals surface area contributed by atoms with Crippen molar-refractivity contribution in [2.45, 2.75) is 31.5 Å². The Bertz CT molecular complexity index is 770. The average molecular weight is 401 g/mol. The van der Waals surface area contributed by atoms with E-state index in [0.29, 0.717) is 23.7 Å². The molecular formula is C17H27N3O6S. The fourth-order valence-electron chi connectivity index (χ4n) is 3.03. The van der Waals surface area contributed by atoms with Crippen molar-refractivity contribution in [3.8, 4) is 11.5 Å². The van der Waals surface area contributed by atoms with Gasteiger partial charge < -0.3 is 19.5 Å². The smallest absolute Gasteiger partial charge is 0.280 e. The molecule has 1 aromatic rings. The van der Waals surface area contributed by atoms with Gasteiger partial charge in [0.15, 0.2) is 11.5 Å². The van der Waals surface area contributed by atoms with Crippen molar-refractivity contribution in [1.82, 2.24) is 14.3 Å². The number of hydrogen-bond donors (Lipinski definition) is 2. The number of benzene rings is 1. The van der Waals surface area contributed by atoms with Gasteiger partial charge in [-0.2, -0.15) is 17.4 Å². The number of nitrogens with zero attached hydrogens (tertiary/aromatic N) is 1. The summed E-state index contributed by atoms with van der Waals surface area (Å²) in [6.45, 7) is 2.13. The van der Waals surface area contributed by atoms with Gasteiger partial charge in [-0.3, -0.25) is 4.79 Å². The Morgan fingerprint density at radius 2 is 1.96 bits per heavy atom. The van der Waals surface area contributed by atoms with Crippen LogP contribution in [-0.4, -0.2) is 65.7 Å². The predicted molar refractivity (Wildman–Crippen MR) is 100.0 cm³/mol. The van der Waals surface area contributed by atoms with Gasteiger partial charge in [-0.1, -0.05) is 6.07 Å². The number of methoxy groups -OCH3 is 3. The molecule has 3 atom stereocenters. The zero-order valence-electron chi connectivity index (χ0n) is 16.2. The maximum Gasteiger partial charge on any atom is 0.280 e. The summed E-state index contributed by atoms with van der Waals surface area (Å²) in [5.74, 6) is 0.667. The van der Waals surface area contributed by atoms with Crippen LogP contribution in [0.5, 0.6) is 11.5 Å². The average Bonchev–Trinajstić information content (AvgIpc) is 2.63. The summed E-state index contributed by atoms with van der Waals surface area (Å²) in [4.78, 5) is 12.6. The van der Waals surface area contributed by atoms with E-state index in [-0.39, 0.29) is 18.4 Å². The number of nitrogens with one attached hydrogen (secondary N) is 2. The molecule has 1 fully saturated rings. The Hall–Kier alpha value is -1.88. The molecule has 0 unspecified atom stereocenters. The van der Waals surface area contributed by atoms with Gasteiger partial charge >= 0.3 is 0 Å². The summed E-state index contributed by atoms with van der Waals surface area (Å²) in [6.07, 6.45) is 0.275. The second kappa shape index (κ2) is 8.87. The second-order valence-electron chi connectivity index (χ2n) is 6.42. The molecule has 27 heavy (non-hydrogen) atoms. The van der Waals surface area contributed by atoms with Crippen molar-refractivity contribution in [3.63, 3.8) is 0 Å². The SMILES string of the molecule is COC[C@@H](C)NC(=O)[C@H]1C[C@@H](c2ccc(OC)c(OC)c2)NS(=O)(=O)N1C. The van der Waals surface area contributed by atoms with Gasteiger partial charge in [0.25, 0.3) is 10.2 Å². The second-order valence-corrected chi connectivity index (χ2v) is 8.18. The number of hydrogen-bond acceptors (Lipinski definition) is 6. The zero-order chi connectivity index (χ0) is 20.2. The molecule has 0 spiro atoms. The maximum absolute atomic E-state index is 12.6. The van der Waals surface area contributed by atoms with Crippen molar-refractivity contribution in [3.05, 3.63) is 23.8 Å². The van der Waals surface area contributed by atoms with Crippen LogP contribution in [0.25, 0.3) is 0 Å². The number of amides is 1. The van der Waals surface area contributed by atoms with E-state index in [0.717, 1.165) is 4.31 Å². The normalized spacial score (nSPS) is 23.4. The minimum atomic E-state index is -3.82. The van der Waals surface area contributed by atoms with Crippen LogP contribution in [0.1, 0.15) is 24.9 Å². The molecule has 0 aliphatic carbocycles. The molecule has 0 aromatic heterocycles. The summed E-state index contributed by atoms with van der Waals surface area (Å²) >= 11 is 0. The van der Waals surface area contributed by atoms with E-state index < -0.39 is 22.3 Å². The molecule has 1 heterocycles. The first kappa shape index (κ1) is 21.4. The molecule has 0 radical (unpaired) electrons. The van der Waals surface area contributed by atoms with E-state index in [9.17, 15) is 13.2 Å². The Labute approximate surface area is 160 Å². The van der Waals surface area contributed by atoms with Crippen molar-refractivity contribution in [2.75, 3.05) is 35.0 Å². The lowest BCUT2D eigenvalue weighted by atomic mass is 9.98. The molecule has 1 amide bonds. The van der Waals surface area contributed by atoms with E-state index >= 15 is 0 Å². The summed E-state index contributed by atoms with van der Waals surface area (Å²) in [5, 5.41) is 2.79. The van der Waals surface area contributed by atoms with E-state index in [1.165, 1.54) is 28.4 Å². The third-order valence-corrected chi connectivity index (χ3v) is 6.08. The minimum Gasteiger partial charge on any atom is -0.493 e. The molecular weight excluding hydrogens is 374 g/mol. The molecule has 0 bridgehead atoms. The summed E-state index contributed by atoms with van der Waals surface area (Å²) in [7, 11) is 2.14. The number of carbonyl (C=O) groups is 1. The Morgan fingerprint density at radius 3 is 2.56 bits per heavy atom. The number of rotatable bonds is 7. The number of ether oxygens (including phenoxy) is 3. The maximum atomic E-state index is 12.6. The Morgan fingerprint density at radius 1 is 1.30 bits per heavy atom. The third kappa shape index (κ3) is 4.89. The monoisotopic (exact) mass is 401 g/mol. The van der Waals surface area contributed by atoms with Crippen LogP contribution in [0.3, 0.4) is 0 Å². The minimum absolute atomic E-state index is 0.229. The first-order valence-corrected chi connectivity index (χ1v) is 9.94. The third-order valence-electron chi connectivity index (χ3n) is 4.49. The molecule has 10 heteroatoms. The van der Waals surface area contributed by atoms with Gasteiger partial charge in [0.05, 0.1) is 26.9 Å². The lowest BCUT2D eigenvalue weighted by Crippen LogP contribution is -2.58. The van der Waals surface area contributed by atoms with Crippen LogP contribution in [0.2, 0.25) is 0 Å². The van der Waals surface area contributed by atoms with Crippen LogP contribution in [0, 0.1) is 0 Å². The molecule has 1 aliphatic heterocycles. The summed E-state index contributed by atoms with van der Waals surface area (Å²) in [6, 6.07) is 3.53. The Balaban J connectivity index is 2.28. The highest BCUT2D eigenvalue weighted by molar-refractivity contribution is 7.87. The molecule has 2 rings (SSSR count). The fraction of sp³-hybridized carbons (Fsp3) is 0.588. The summed E-state index contributed by atoms with van der Waals surface area (Å²) in [5.41, 5.74) is 0.687. The lowest BCUT2D eigenvalue weighted by molar-refractivity contribution is -0.126. The standard InChI is InChI=1S/C17H27N3O6S/c1-11(10-24-3)18-17(21)14-9-13(19-27(22,23)20(14)2)12-6-7-15(25-4)16(8-12)26-5/h6-8,11,13-14,19H,9-10H2,1-5H3,(H,18,21)/t11-,13+,14-/m1/s1. The van der Waals surface area contributed by atoms with Crippen LogP contribution in [-0.2, 0) is 19.7 Å². The van der Waals surface area contributed by atoms with Gasteiger partial charge in [0.2, 0.25) is 5.91 Å². The lowest BCUT2D eigenvalue weighted by Gasteiger charge is -2.36. The first-order chi connectivity index (χ1) is 12.7. The highest BCUT2D eigenvalue weighted by Gasteiger charge is 2.41. The Kier molecular flexibility index (Phi) is 7.04. The number of likely N-dealkylation sites (N-methyl/N-ethyl adjacent to an activating group) is 1. The van der Waals surface area contributed by atoms with Crippen LogP contribution in [0.15, 0.2) is 18.2 Å². The van der Waals surface area contributed by atoms with Gasteiger partial charge in [-0.25, -0.2) is 0 Å². The molecule has 0 saturated carbocycles. The van der Waals surface area contributed by atoms with E-state index in [4.69, 9.17) is 14.2 Å². The van der Waals surface area contributed by atoms with E-state index in [1.807, 2.05) is 0 Å². The topological polar surface area (TPSA) is 106 Å². The van der Waals surface area contributed by atoms with Gasteiger partial charge in [-0.05, 0) is 31.0 Å². The first-order valence-electron chi connectivity index (χ1n) is 8.50. The van der Waals surface area contributed by atoms with E-state index in [1.54, 1.807) is 25.1 Å². The van der Waals surface area contributed by atoms with Crippen molar-refractivity contribution < 1.29 is 27.4 Å². The molecule has 1 aliphatic rings. The molecule has 152 valence electrons. The fourth-order valence-corrected chi connectivity index (χ4v) is 4.30. The largest absolute Gasteiger partial charge is 0.493 e. The molecule has 1 saturated heterocycles. The predicted octanol–water partition coefficient (Wildman–Crippen LogP) is 0.435. The quantitative estimate of drug-likeness (QED) is 0.687. The van der Waals surface area contributed by atoms with Gasteiger partial charge in [0.1, 0.15) is 6.04 Å². The van der Waals surface area contributed by atoms with Crippen LogP contribution in [0.4, 0.5) is 0 Å². The van der Waals surface area contributed by atoms with Crippen LogP contribution >= 0.6 is 0 Å².